The first-order valence-electron chi connectivity index (χ1n) is 11.1. The van der Waals surface area contributed by atoms with E-state index in [1.807, 2.05) is 30.3 Å². The highest BCUT2D eigenvalue weighted by Crippen LogP contribution is 2.25. The van der Waals surface area contributed by atoms with Crippen molar-refractivity contribution in [1.82, 2.24) is 15.3 Å². The number of hydrogen-bond donors (Lipinski definition) is 1. The molecule has 1 N–H and O–H groups in total. The van der Waals surface area contributed by atoms with Gasteiger partial charge in [-0.3, -0.25) is 4.79 Å². The van der Waals surface area contributed by atoms with E-state index in [-0.39, 0.29) is 22.0 Å². The summed E-state index contributed by atoms with van der Waals surface area (Å²) in [6.45, 7) is 2.89. The standard InChI is InChI=1S/C26H26Cl2N4O3/c1-3-17-32(26-29-15-6-16-30-26)19-13-11-18(12-14-19)7-4-10-22(25(34)35-2)31-24(33)23-20(27)8-5-9-21(23)28/h4-9,11-16,22H,3,10,17H2,1-2H3,(H,31,33)/b7-4+. The van der Waals surface area contributed by atoms with Crippen LogP contribution >= 0.6 is 23.2 Å². The first kappa shape index (κ1) is 26.2. The third-order valence-corrected chi connectivity index (χ3v) is 5.74. The number of benzene rings is 2. The van der Waals surface area contributed by atoms with Gasteiger partial charge in [0.05, 0.1) is 22.7 Å². The average molecular weight is 513 g/mol. The third kappa shape index (κ3) is 7.04. The molecule has 2 aromatic carbocycles. The average Bonchev–Trinajstić information content (AvgIpc) is 2.87. The number of ether oxygens (including phenoxy) is 1. The highest BCUT2D eigenvalue weighted by molar-refractivity contribution is 6.39. The van der Waals surface area contributed by atoms with Gasteiger partial charge in [-0.2, -0.15) is 0 Å². The second-order valence-electron chi connectivity index (χ2n) is 7.58. The SMILES string of the molecule is CCCN(c1ccc(/C=C/CC(NC(=O)c2c(Cl)cccc2Cl)C(=O)OC)cc1)c1ncccn1. The highest BCUT2D eigenvalue weighted by atomic mass is 35.5. The van der Waals surface area contributed by atoms with Gasteiger partial charge in [-0.25, -0.2) is 14.8 Å². The van der Waals surface area contributed by atoms with Crippen molar-refractivity contribution in [2.24, 2.45) is 0 Å². The van der Waals surface area contributed by atoms with Gasteiger partial charge in [0, 0.05) is 24.6 Å². The largest absolute Gasteiger partial charge is 0.467 e. The maximum absolute atomic E-state index is 12.7. The molecular formula is C26H26Cl2N4O3. The summed E-state index contributed by atoms with van der Waals surface area (Å²) < 4.78 is 4.85. The molecule has 7 nitrogen and oxygen atoms in total. The van der Waals surface area contributed by atoms with Gasteiger partial charge in [0.25, 0.3) is 5.91 Å². The zero-order valence-corrected chi connectivity index (χ0v) is 21.0. The van der Waals surface area contributed by atoms with Crippen LogP contribution in [0.15, 0.2) is 67.0 Å². The Kier molecular flexibility index (Phi) is 9.64. The topological polar surface area (TPSA) is 84.4 Å². The van der Waals surface area contributed by atoms with Crippen molar-refractivity contribution in [2.45, 2.75) is 25.8 Å². The lowest BCUT2D eigenvalue weighted by Crippen LogP contribution is -2.41. The monoisotopic (exact) mass is 512 g/mol. The van der Waals surface area contributed by atoms with Crippen LogP contribution in [0.4, 0.5) is 11.6 Å². The van der Waals surface area contributed by atoms with E-state index in [0.717, 1.165) is 24.2 Å². The number of aromatic nitrogens is 2. The minimum atomic E-state index is -0.898. The molecule has 0 saturated heterocycles. The molecule has 0 aliphatic carbocycles. The maximum atomic E-state index is 12.7. The molecule has 1 amide bonds. The first-order chi connectivity index (χ1) is 16.9. The van der Waals surface area contributed by atoms with Crippen LogP contribution < -0.4 is 10.2 Å². The quantitative estimate of drug-likeness (QED) is 0.350. The van der Waals surface area contributed by atoms with E-state index >= 15 is 0 Å². The Morgan fingerprint density at radius 2 is 1.71 bits per heavy atom. The fraction of sp³-hybridized carbons (Fsp3) is 0.231. The van der Waals surface area contributed by atoms with Crippen molar-refractivity contribution in [1.29, 1.82) is 0 Å². The summed E-state index contributed by atoms with van der Waals surface area (Å²) in [7, 11) is 1.27. The number of carbonyl (C=O) groups is 2. The maximum Gasteiger partial charge on any atom is 0.328 e. The Balaban J connectivity index is 1.69. The van der Waals surface area contributed by atoms with Crippen LogP contribution in [0.25, 0.3) is 6.08 Å². The second kappa shape index (κ2) is 12.9. The second-order valence-corrected chi connectivity index (χ2v) is 8.39. The number of nitrogens with one attached hydrogen (secondary N) is 1. The Morgan fingerprint density at radius 3 is 2.31 bits per heavy atom. The van der Waals surface area contributed by atoms with Gasteiger partial charge in [0.1, 0.15) is 6.04 Å². The summed E-state index contributed by atoms with van der Waals surface area (Å²) in [5.41, 5.74) is 2.03. The van der Waals surface area contributed by atoms with Crippen LogP contribution in [-0.2, 0) is 9.53 Å². The summed E-state index contributed by atoms with van der Waals surface area (Å²) in [4.78, 5) is 35.7. The number of hydrogen-bond acceptors (Lipinski definition) is 6. The normalized spacial score (nSPS) is 11.8. The molecule has 3 aromatic rings. The summed E-state index contributed by atoms with van der Waals surface area (Å²) in [5, 5.41) is 3.06. The first-order valence-corrected chi connectivity index (χ1v) is 11.8. The molecule has 0 spiro atoms. The van der Waals surface area contributed by atoms with E-state index in [9.17, 15) is 9.59 Å². The van der Waals surface area contributed by atoms with Gasteiger partial charge in [0.15, 0.2) is 0 Å². The number of methoxy groups -OCH3 is 1. The van der Waals surface area contributed by atoms with Gasteiger partial charge in [0.2, 0.25) is 5.95 Å². The molecule has 182 valence electrons. The Labute approximate surface area is 214 Å². The molecule has 0 fully saturated rings. The number of esters is 1. The lowest BCUT2D eigenvalue weighted by molar-refractivity contribution is -0.142. The summed E-state index contributed by atoms with van der Waals surface area (Å²) >= 11 is 12.2. The Hall–Kier alpha value is -3.42. The van der Waals surface area contributed by atoms with Gasteiger partial charge in [-0.15, -0.1) is 0 Å². The molecule has 0 aliphatic heterocycles. The van der Waals surface area contributed by atoms with Gasteiger partial charge < -0.3 is 15.0 Å². The molecule has 0 bridgehead atoms. The summed E-state index contributed by atoms with van der Waals surface area (Å²) in [6.07, 6.45) is 8.28. The zero-order chi connectivity index (χ0) is 25.2. The minimum absolute atomic E-state index is 0.114. The molecule has 0 saturated carbocycles. The molecule has 1 atom stereocenters. The van der Waals surface area contributed by atoms with Crippen LogP contribution in [0.3, 0.4) is 0 Å². The van der Waals surface area contributed by atoms with Gasteiger partial charge >= 0.3 is 5.97 Å². The number of nitrogens with zero attached hydrogens (tertiary/aromatic N) is 3. The van der Waals surface area contributed by atoms with Crippen LogP contribution in [0, 0.1) is 0 Å². The van der Waals surface area contributed by atoms with Crippen molar-refractivity contribution in [3.05, 3.63) is 88.2 Å². The van der Waals surface area contributed by atoms with Crippen molar-refractivity contribution in [3.63, 3.8) is 0 Å². The zero-order valence-electron chi connectivity index (χ0n) is 19.4. The molecule has 35 heavy (non-hydrogen) atoms. The van der Waals surface area contributed by atoms with Crippen molar-refractivity contribution < 1.29 is 14.3 Å². The molecule has 1 aromatic heterocycles. The van der Waals surface area contributed by atoms with E-state index < -0.39 is 17.9 Å². The highest BCUT2D eigenvalue weighted by Gasteiger charge is 2.23. The fourth-order valence-corrected chi connectivity index (χ4v) is 3.97. The molecule has 0 aliphatic rings. The predicted octanol–water partition coefficient (Wildman–Crippen LogP) is 5.71. The number of amides is 1. The molecule has 1 heterocycles. The van der Waals surface area contributed by atoms with Crippen LogP contribution in [-0.4, -0.2) is 41.5 Å². The number of rotatable bonds is 10. The van der Waals surface area contributed by atoms with Crippen molar-refractivity contribution in [3.8, 4) is 0 Å². The number of anilines is 2. The van der Waals surface area contributed by atoms with E-state index in [0.29, 0.717) is 5.95 Å². The Morgan fingerprint density at radius 1 is 1.06 bits per heavy atom. The van der Waals surface area contributed by atoms with Crippen molar-refractivity contribution >= 4 is 52.8 Å². The van der Waals surface area contributed by atoms with E-state index in [1.165, 1.54) is 7.11 Å². The van der Waals surface area contributed by atoms with Gasteiger partial charge in [-0.1, -0.05) is 60.5 Å². The predicted molar refractivity (Wildman–Crippen MR) is 139 cm³/mol. The number of halogens is 2. The van der Waals surface area contributed by atoms with E-state index in [1.54, 1.807) is 42.7 Å². The lowest BCUT2D eigenvalue weighted by atomic mass is 10.1. The molecule has 0 radical (unpaired) electrons. The summed E-state index contributed by atoms with van der Waals surface area (Å²) in [5.74, 6) is -0.472. The van der Waals surface area contributed by atoms with Crippen molar-refractivity contribution in [2.75, 3.05) is 18.6 Å². The molecule has 9 heteroatoms. The third-order valence-electron chi connectivity index (χ3n) is 5.11. The van der Waals surface area contributed by atoms with Crippen LogP contribution in [0.5, 0.6) is 0 Å². The van der Waals surface area contributed by atoms with E-state index in [2.05, 4.69) is 27.1 Å². The van der Waals surface area contributed by atoms with E-state index in [4.69, 9.17) is 27.9 Å². The van der Waals surface area contributed by atoms with Crippen LogP contribution in [0.1, 0.15) is 35.7 Å². The van der Waals surface area contributed by atoms with Crippen LogP contribution in [0.2, 0.25) is 10.0 Å². The molecular weight excluding hydrogens is 487 g/mol. The summed E-state index contributed by atoms with van der Waals surface area (Å²) in [6, 6.07) is 13.6. The smallest absolute Gasteiger partial charge is 0.328 e. The molecule has 1 unspecified atom stereocenters. The number of carbonyl (C=O) groups excluding carboxylic acids is 2. The fourth-order valence-electron chi connectivity index (χ4n) is 3.41. The molecule has 3 rings (SSSR count). The Bertz CT molecular complexity index is 1150. The minimum Gasteiger partial charge on any atom is -0.467 e. The van der Waals surface area contributed by atoms with Gasteiger partial charge in [-0.05, 0) is 48.7 Å². The lowest BCUT2D eigenvalue weighted by Gasteiger charge is -2.22.